The molecule has 2 amide bonds. The fraction of sp³-hybridized carbons (Fsp3) is 0.250. The van der Waals surface area contributed by atoms with E-state index in [1.807, 2.05) is 6.92 Å². The van der Waals surface area contributed by atoms with Gasteiger partial charge in [0.05, 0.1) is 6.61 Å². The van der Waals surface area contributed by atoms with Crippen LogP contribution in [0.15, 0.2) is 36.4 Å². The topological polar surface area (TPSA) is 98.5 Å². The first kappa shape index (κ1) is 20.1. The Morgan fingerprint density at radius 1 is 1.07 bits per heavy atom. The van der Waals surface area contributed by atoms with Crippen LogP contribution in [-0.2, 0) is 4.79 Å². The molecule has 0 bridgehead atoms. The monoisotopic (exact) mass is 372 g/mol. The summed E-state index contributed by atoms with van der Waals surface area (Å²) in [5.74, 6) is -1.43. The number of hydrogen-bond donors (Lipinski definition) is 2. The van der Waals surface area contributed by atoms with Gasteiger partial charge in [-0.15, -0.1) is 0 Å². The maximum atomic E-state index is 13.8. The van der Waals surface area contributed by atoms with Crippen LogP contribution in [0.1, 0.15) is 46.0 Å². The Labute approximate surface area is 156 Å². The van der Waals surface area contributed by atoms with Crippen molar-refractivity contribution in [2.45, 2.75) is 26.7 Å². The second-order valence-corrected chi connectivity index (χ2v) is 5.92. The van der Waals surface area contributed by atoms with Crippen molar-refractivity contribution in [3.63, 3.8) is 0 Å². The van der Waals surface area contributed by atoms with Gasteiger partial charge < -0.3 is 15.8 Å². The number of rotatable bonds is 8. The van der Waals surface area contributed by atoms with E-state index in [4.69, 9.17) is 10.5 Å². The molecule has 27 heavy (non-hydrogen) atoms. The zero-order valence-corrected chi connectivity index (χ0v) is 15.2. The highest BCUT2D eigenvalue weighted by Gasteiger charge is 2.14. The molecule has 0 atom stereocenters. The van der Waals surface area contributed by atoms with Gasteiger partial charge in [0.25, 0.3) is 0 Å². The van der Waals surface area contributed by atoms with Gasteiger partial charge in [0.15, 0.2) is 5.78 Å². The van der Waals surface area contributed by atoms with E-state index in [-0.39, 0.29) is 35.4 Å². The molecule has 2 aromatic carbocycles. The molecule has 2 rings (SSSR count). The highest BCUT2D eigenvalue weighted by atomic mass is 19.1. The molecule has 142 valence electrons. The number of nitrogens with two attached hydrogens (primary N) is 1. The van der Waals surface area contributed by atoms with Crippen molar-refractivity contribution in [1.29, 1.82) is 0 Å². The van der Waals surface area contributed by atoms with Crippen LogP contribution in [0.4, 0.5) is 10.1 Å². The first-order chi connectivity index (χ1) is 12.8. The summed E-state index contributed by atoms with van der Waals surface area (Å²) < 4.78 is 19.2. The third-order valence-electron chi connectivity index (χ3n) is 3.97. The predicted molar refractivity (Wildman–Crippen MR) is 99.5 cm³/mol. The third kappa shape index (κ3) is 5.37. The van der Waals surface area contributed by atoms with Crippen molar-refractivity contribution < 1.29 is 23.5 Å². The zero-order chi connectivity index (χ0) is 20.0. The summed E-state index contributed by atoms with van der Waals surface area (Å²) in [6.07, 6.45) is -0.0786. The number of benzene rings is 2. The van der Waals surface area contributed by atoms with Crippen molar-refractivity contribution in [3.8, 4) is 5.75 Å². The number of nitrogens with one attached hydrogen (secondary N) is 1. The third-order valence-corrected chi connectivity index (χ3v) is 3.97. The van der Waals surface area contributed by atoms with Crippen LogP contribution in [0.25, 0.3) is 0 Å². The molecule has 0 heterocycles. The number of ether oxygens (including phenoxy) is 1. The Kier molecular flexibility index (Phi) is 6.65. The van der Waals surface area contributed by atoms with E-state index < -0.39 is 17.6 Å². The number of halogens is 1. The second kappa shape index (κ2) is 8.93. The van der Waals surface area contributed by atoms with Crippen molar-refractivity contribution in [1.82, 2.24) is 0 Å². The van der Waals surface area contributed by atoms with Gasteiger partial charge in [-0.3, -0.25) is 14.4 Å². The maximum Gasteiger partial charge on any atom is 0.248 e. The number of anilines is 1. The van der Waals surface area contributed by atoms with E-state index in [1.54, 1.807) is 24.3 Å². The molecule has 7 heteroatoms. The fourth-order valence-corrected chi connectivity index (χ4v) is 2.44. The minimum Gasteiger partial charge on any atom is -0.494 e. The summed E-state index contributed by atoms with van der Waals surface area (Å²) in [4.78, 5) is 35.5. The quantitative estimate of drug-likeness (QED) is 0.695. The second-order valence-electron chi connectivity index (χ2n) is 5.92. The summed E-state index contributed by atoms with van der Waals surface area (Å²) in [5.41, 5.74) is 5.93. The molecular weight excluding hydrogens is 351 g/mol. The maximum absolute atomic E-state index is 13.8. The van der Waals surface area contributed by atoms with E-state index in [0.29, 0.717) is 17.9 Å². The molecule has 0 radical (unpaired) electrons. The van der Waals surface area contributed by atoms with E-state index in [0.717, 1.165) is 6.07 Å². The van der Waals surface area contributed by atoms with Gasteiger partial charge in [-0.25, -0.2) is 4.39 Å². The van der Waals surface area contributed by atoms with Crippen LogP contribution >= 0.6 is 0 Å². The van der Waals surface area contributed by atoms with Gasteiger partial charge in [-0.2, -0.15) is 0 Å². The van der Waals surface area contributed by atoms with Gasteiger partial charge in [0.2, 0.25) is 11.8 Å². The first-order valence-corrected chi connectivity index (χ1v) is 8.47. The Balaban J connectivity index is 1.98. The molecule has 0 aliphatic rings. The summed E-state index contributed by atoms with van der Waals surface area (Å²) in [7, 11) is 0. The Morgan fingerprint density at radius 2 is 1.74 bits per heavy atom. The predicted octanol–water partition coefficient (Wildman–Crippen LogP) is 3.23. The lowest BCUT2D eigenvalue weighted by molar-refractivity contribution is -0.116. The van der Waals surface area contributed by atoms with Crippen molar-refractivity contribution in [3.05, 3.63) is 58.9 Å². The molecule has 0 aliphatic carbocycles. The van der Waals surface area contributed by atoms with E-state index >= 15 is 0 Å². The van der Waals surface area contributed by atoms with Gasteiger partial charge in [0.1, 0.15) is 11.6 Å². The van der Waals surface area contributed by atoms with Crippen LogP contribution in [0.5, 0.6) is 5.75 Å². The standard InChI is InChI=1S/C20H21FN2O4/c1-3-27-15-6-4-13(5-7-15)18(24)8-9-19(25)23-17-11-14(20(22)26)10-16(21)12(17)2/h4-7,10-11H,3,8-9H2,1-2H3,(H2,22,26)(H,23,25). The lowest BCUT2D eigenvalue weighted by Gasteiger charge is -2.11. The molecule has 0 spiro atoms. The van der Waals surface area contributed by atoms with Gasteiger partial charge in [-0.05, 0) is 50.2 Å². The van der Waals surface area contributed by atoms with Crippen LogP contribution in [0, 0.1) is 12.7 Å². The lowest BCUT2D eigenvalue weighted by atomic mass is 10.1. The Bertz CT molecular complexity index is 863. The molecule has 2 aromatic rings. The smallest absolute Gasteiger partial charge is 0.248 e. The minimum absolute atomic E-state index is 0.00312. The summed E-state index contributed by atoms with van der Waals surface area (Å²) >= 11 is 0. The number of hydrogen-bond acceptors (Lipinski definition) is 4. The van der Waals surface area contributed by atoms with E-state index in [2.05, 4.69) is 5.32 Å². The van der Waals surface area contributed by atoms with Gasteiger partial charge in [-0.1, -0.05) is 0 Å². The molecular formula is C20H21FN2O4. The minimum atomic E-state index is -0.796. The van der Waals surface area contributed by atoms with Crippen molar-refractivity contribution in [2.75, 3.05) is 11.9 Å². The molecule has 0 unspecified atom stereocenters. The molecule has 0 aliphatic heterocycles. The number of Topliss-reactive ketones (excluding diaryl/α,β-unsaturated/α-hetero) is 1. The summed E-state index contributed by atoms with van der Waals surface area (Å²) in [6, 6.07) is 8.99. The zero-order valence-electron chi connectivity index (χ0n) is 15.2. The van der Waals surface area contributed by atoms with Crippen LogP contribution in [-0.4, -0.2) is 24.2 Å². The van der Waals surface area contributed by atoms with Crippen LogP contribution in [0.2, 0.25) is 0 Å². The van der Waals surface area contributed by atoms with E-state index in [9.17, 15) is 18.8 Å². The highest BCUT2D eigenvalue weighted by molar-refractivity contribution is 6.01. The normalized spacial score (nSPS) is 10.3. The Hall–Kier alpha value is -3.22. The average molecular weight is 372 g/mol. The van der Waals surface area contributed by atoms with Crippen LogP contribution in [0.3, 0.4) is 0 Å². The molecule has 0 aromatic heterocycles. The van der Waals surface area contributed by atoms with Crippen molar-refractivity contribution in [2.24, 2.45) is 5.73 Å². The summed E-state index contributed by atoms with van der Waals surface area (Å²) in [6.45, 7) is 3.87. The molecule has 6 nitrogen and oxygen atoms in total. The van der Waals surface area contributed by atoms with Crippen LogP contribution < -0.4 is 15.8 Å². The number of carbonyl (C=O) groups excluding carboxylic acids is 3. The highest BCUT2D eigenvalue weighted by Crippen LogP contribution is 2.21. The van der Waals surface area contributed by atoms with Crippen molar-refractivity contribution >= 4 is 23.3 Å². The SMILES string of the molecule is CCOc1ccc(C(=O)CCC(=O)Nc2cc(C(N)=O)cc(F)c2C)cc1. The average Bonchev–Trinajstić information content (AvgIpc) is 2.64. The van der Waals surface area contributed by atoms with E-state index in [1.165, 1.54) is 13.0 Å². The summed E-state index contributed by atoms with van der Waals surface area (Å²) in [5, 5.41) is 2.52. The molecule has 0 saturated carbocycles. The number of ketones is 1. The number of primary amides is 1. The number of amides is 2. The Morgan fingerprint density at radius 3 is 2.33 bits per heavy atom. The largest absolute Gasteiger partial charge is 0.494 e. The lowest BCUT2D eigenvalue weighted by Crippen LogP contribution is -2.17. The molecule has 0 saturated heterocycles. The number of carbonyl (C=O) groups is 3. The molecule has 3 N–H and O–H groups in total. The van der Waals surface area contributed by atoms with Gasteiger partial charge >= 0.3 is 0 Å². The fourth-order valence-electron chi connectivity index (χ4n) is 2.44. The van der Waals surface area contributed by atoms with Gasteiger partial charge in [0, 0.05) is 35.2 Å². The molecule has 0 fully saturated rings. The first-order valence-electron chi connectivity index (χ1n) is 8.47.